The van der Waals surface area contributed by atoms with Gasteiger partial charge in [-0.05, 0) is 24.8 Å². The van der Waals surface area contributed by atoms with Crippen molar-refractivity contribution in [2.75, 3.05) is 6.61 Å². The summed E-state index contributed by atoms with van der Waals surface area (Å²) in [5.41, 5.74) is 1.02. The first kappa shape index (κ1) is 17.5. The molecule has 0 aliphatic carbocycles. The van der Waals surface area contributed by atoms with E-state index in [9.17, 15) is 18.0 Å². The Morgan fingerprint density at radius 2 is 1.86 bits per heavy atom. The van der Waals surface area contributed by atoms with E-state index in [1.54, 1.807) is 0 Å². The number of rotatable bonds is 8. The lowest BCUT2D eigenvalue weighted by atomic mass is 10.1. The molecule has 0 spiro atoms. The number of carbonyl (C=O) groups excluding carboxylic acids is 1. The Labute approximate surface area is 122 Å². The topological polar surface area (TPSA) is 35.5 Å². The quantitative estimate of drug-likeness (QED) is 0.540. The Hall–Kier alpha value is -1.56. The first-order chi connectivity index (χ1) is 9.89. The van der Waals surface area contributed by atoms with Crippen LogP contribution in [-0.2, 0) is 20.9 Å². The van der Waals surface area contributed by atoms with E-state index >= 15 is 0 Å². The summed E-state index contributed by atoms with van der Waals surface area (Å²) in [6.07, 6.45) is -6.01. The highest BCUT2D eigenvalue weighted by Gasteiger charge is 2.41. The van der Waals surface area contributed by atoms with Gasteiger partial charge < -0.3 is 9.47 Å². The maximum absolute atomic E-state index is 12.6. The van der Waals surface area contributed by atoms with Crippen LogP contribution in [0.15, 0.2) is 30.3 Å². The molecule has 0 bridgehead atoms. The summed E-state index contributed by atoms with van der Waals surface area (Å²) in [6, 6.07) is 9.52. The molecule has 1 atom stereocenters. The number of esters is 1. The fourth-order valence-electron chi connectivity index (χ4n) is 1.79. The van der Waals surface area contributed by atoms with Crippen molar-refractivity contribution in [1.82, 2.24) is 0 Å². The molecule has 0 saturated heterocycles. The van der Waals surface area contributed by atoms with E-state index in [1.807, 2.05) is 30.3 Å². The van der Waals surface area contributed by atoms with E-state index in [1.165, 1.54) is 0 Å². The lowest BCUT2D eigenvalue weighted by molar-refractivity contribution is -0.221. The van der Waals surface area contributed by atoms with Gasteiger partial charge in [0.25, 0.3) is 0 Å². The van der Waals surface area contributed by atoms with E-state index in [2.05, 4.69) is 4.74 Å². The molecule has 0 N–H and O–H groups in total. The summed E-state index contributed by atoms with van der Waals surface area (Å²) in [7, 11) is 0. The molecule has 0 aliphatic rings. The van der Waals surface area contributed by atoms with Crippen LogP contribution in [0.3, 0.4) is 0 Å². The van der Waals surface area contributed by atoms with Crippen molar-refractivity contribution in [3.8, 4) is 0 Å². The minimum Gasteiger partial charge on any atom is -0.453 e. The van der Waals surface area contributed by atoms with Gasteiger partial charge in [-0.1, -0.05) is 30.3 Å². The second-order valence-electron chi connectivity index (χ2n) is 4.67. The number of alkyl halides is 3. The van der Waals surface area contributed by atoms with Gasteiger partial charge in [0.2, 0.25) is 0 Å². The van der Waals surface area contributed by atoms with Gasteiger partial charge in [0.15, 0.2) is 6.10 Å². The first-order valence-electron chi connectivity index (χ1n) is 6.75. The van der Waals surface area contributed by atoms with E-state index in [4.69, 9.17) is 4.74 Å². The molecule has 0 heterocycles. The number of unbranched alkanes of at least 4 members (excludes halogenated alkanes) is 1. The van der Waals surface area contributed by atoms with Crippen LogP contribution in [0.2, 0.25) is 0 Å². The van der Waals surface area contributed by atoms with Gasteiger partial charge in [0.05, 0.1) is 6.61 Å². The van der Waals surface area contributed by atoms with Crippen LogP contribution in [0.25, 0.3) is 0 Å². The second kappa shape index (κ2) is 8.67. The van der Waals surface area contributed by atoms with Crippen LogP contribution >= 0.6 is 0 Å². The SMILES string of the molecule is CC(=O)O[C@@H](CCCCOCc1ccccc1)C(F)(F)F. The zero-order valence-electron chi connectivity index (χ0n) is 11.9. The molecule has 1 aromatic rings. The first-order valence-corrected chi connectivity index (χ1v) is 6.75. The van der Waals surface area contributed by atoms with Crippen LogP contribution in [-0.4, -0.2) is 24.9 Å². The molecular formula is C15H19F3O3. The average molecular weight is 304 g/mol. The molecular weight excluding hydrogens is 285 g/mol. The molecule has 21 heavy (non-hydrogen) atoms. The monoisotopic (exact) mass is 304 g/mol. The summed E-state index contributed by atoms with van der Waals surface area (Å²) in [5.74, 6) is -0.919. The van der Waals surface area contributed by atoms with Crippen LogP contribution in [0, 0.1) is 0 Å². The molecule has 0 unspecified atom stereocenters. The molecule has 1 aromatic carbocycles. The largest absolute Gasteiger partial charge is 0.453 e. The fourth-order valence-corrected chi connectivity index (χ4v) is 1.79. The minimum absolute atomic E-state index is 0.238. The van der Waals surface area contributed by atoms with Crippen LogP contribution in [0.1, 0.15) is 31.7 Å². The van der Waals surface area contributed by atoms with Gasteiger partial charge in [0, 0.05) is 13.5 Å². The highest BCUT2D eigenvalue weighted by molar-refractivity contribution is 5.66. The maximum Gasteiger partial charge on any atom is 0.425 e. The molecule has 0 saturated carbocycles. The number of carbonyl (C=O) groups is 1. The summed E-state index contributed by atoms with van der Waals surface area (Å²) in [5, 5.41) is 0. The van der Waals surface area contributed by atoms with E-state index in [0.717, 1.165) is 12.5 Å². The van der Waals surface area contributed by atoms with Crippen molar-refractivity contribution in [2.24, 2.45) is 0 Å². The molecule has 0 radical (unpaired) electrons. The number of hydrogen-bond donors (Lipinski definition) is 0. The fraction of sp³-hybridized carbons (Fsp3) is 0.533. The van der Waals surface area contributed by atoms with Gasteiger partial charge in [-0.15, -0.1) is 0 Å². The van der Waals surface area contributed by atoms with Crippen molar-refractivity contribution in [3.63, 3.8) is 0 Å². The number of hydrogen-bond acceptors (Lipinski definition) is 3. The van der Waals surface area contributed by atoms with E-state index in [-0.39, 0.29) is 12.8 Å². The molecule has 0 aromatic heterocycles. The van der Waals surface area contributed by atoms with Crippen molar-refractivity contribution in [2.45, 2.75) is 45.1 Å². The number of halogens is 3. The number of benzene rings is 1. The van der Waals surface area contributed by atoms with E-state index in [0.29, 0.717) is 19.6 Å². The predicted molar refractivity (Wildman–Crippen MR) is 71.6 cm³/mol. The van der Waals surface area contributed by atoms with Gasteiger partial charge in [-0.2, -0.15) is 13.2 Å². The third-order valence-electron chi connectivity index (χ3n) is 2.79. The van der Waals surface area contributed by atoms with Crippen molar-refractivity contribution < 1.29 is 27.4 Å². The molecule has 3 nitrogen and oxygen atoms in total. The zero-order valence-corrected chi connectivity index (χ0v) is 11.9. The highest BCUT2D eigenvalue weighted by atomic mass is 19.4. The molecule has 6 heteroatoms. The second-order valence-corrected chi connectivity index (χ2v) is 4.67. The zero-order chi connectivity index (χ0) is 15.7. The van der Waals surface area contributed by atoms with Crippen LogP contribution in [0.4, 0.5) is 13.2 Å². The van der Waals surface area contributed by atoms with Crippen molar-refractivity contribution >= 4 is 5.97 Å². The Balaban J connectivity index is 2.18. The molecule has 0 amide bonds. The Bertz CT molecular complexity index is 418. The number of ether oxygens (including phenoxy) is 2. The third-order valence-corrected chi connectivity index (χ3v) is 2.79. The minimum atomic E-state index is -4.52. The third kappa shape index (κ3) is 7.70. The Morgan fingerprint density at radius 1 is 1.19 bits per heavy atom. The van der Waals surface area contributed by atoms with Gasteiger partial charge in [-0.3, -0.25) is 4.79 Å². The van der Waals surface area contributed by atoms with Gasteiger partial charge >= 0.3 is 12.1 Å². The van der Waals surface area contributed by atoms with Crippen LogP contribution in [0.5, 0.6) is 0 Å². The highest BCUT2D eigenvalue weighted by Crippen LogP contribution is 2.26. The van der Waals surface area contributed by atoms with Gasteiger partial charge in [-0.25, -0.2) is 0 Å². The lowest BCUT2D eigenvalue weighted by Gasteiger charge is -2.19. The summed E-state index contributed by atoms with van der Waals surface area (Å²) < 4.78 is 47.4. The van der Waals surface area contributed by atoms with Crippen molar-refractivity contribution in [3.05, 3.63) is 35.9 Å². The molecule has 1 rings (SSSR count). The van der Waals surface area contributed by atoms with E-state index < -0.39 is 18.2 Å². The summed E-state index contributed by atoms with van der Waals surface area (Å²) >= 11 is 0. The average Bonchev–Trinajstić information content (AvgIpc) is 2.41. The maximum atomic E-state index is 12.6. The van der Waals surface area contributed by atoms with Gasteiger partial charge in [0.1, 0.15) is 0 Å². The normalized spacial score (nSPS) is 13.0. The predicted octanol–water partition coefficient (Wildman–Crippen LogP) is 3.87. The van der Waals surface area contributed by atoms with Crippen molar-refractivity contribution in [1.29, 1.82) is 0 Å². The Morgan fingerprint density at radius 3 is 2.43 bits per heavy atom. The van der Waals surface area contributed by atoms with Crippen LogP contribution < -0.4 is 0 Å². The Kier molecular flexibility index (Phi) is 7.22. The standard InChI is InChI=1S/C15H19F3O3/c1-12(19)21-14(15(16,17)18)9-5-6-10-20-11-13-7-3-2-4-8-13/h2-4,7-8,14H,5-6,9-11H2,1H3/t14-/m0/s1. The summed E-state index contributed by atoms with van der Waals surface area (Å²) in [6.45, 7) is 1.79. The molecule has 0 fully saturated rings. The summed E-state index contributed by atoms with van der Waals surface area (Å²) in [4.78, 5) is 10.6. The molecule has 118 valence electrons. The molecule has 0 aliphatic heterocycles. The lowest BCUT2D eigenvalue weighted by Crippen LogP contribution is -2.33. The smallest absolute Gasteiger partial charge is 0.425 e.